The molecular weight excluding hydrogens is 357 g/mol. The Kier molecular flexibility index (Phi) is 4.65. The summed E-state index contributed by atoms with van der Waals surface area (Å²) in [5.41, 5.74) is 0.880. The third-order valence-electron chi connectivity index (χ3n) is 3.77. The van der Waals surface area contributed by atoms with E-state index in [1.165, 1.54) is 12.1 Å². The van der Waals surface area contributed by atoms with Crippen molar-refractivity contribution < 1.29 is 17.2 Å². The van der Waals surface area contributed by atoms with E-state index in [2.05, 4.69) is 11.3 Å². The van der Waals surface area contributed by atoms with Crippen LogP contribution in [-0.2, 0) is 16.4 Å². The van der Waals surface area contributed by atoms with Crippen molar-refractivity contribution in [2.45, 2.75) is 6.42 Å². The van der Waals surface area contributed by atoms with Crippen LogP contribution in [0.4, 0.5) is 10.1 Å². The van der Waals surface area contributed by atoms with Gasteiger partial charge in [-0.15, -0.1) is 6.58 Å². The molecule has 0 aliphatic rings. The van der Waals surface area contributed by atoms with Crippen LogP contribution in [0.1, 0.15) is 5.56 Å². The molecule has 2 aromatic carbocycles. The molecule has 0 atom stereocenters. The Bertz CT molecular complexity index is 1170. The van der Waals surface area contributed by atoms with Crippen molar-refractivity contribution in [2.24, 2.45) is 0 Å². The van der Waals surface area contributed by atoms with E-state index in [1.54, 1.807) is 30.3 Å². The summed E-state index contributed by atoms with van der Waals surface area (Å²) >= 11 is 0. The number of halogens is 1. The molecule has 26 heavy (non-hydrogen) atoms. The maximum Gasteiger partial charge on any atom is 0.344 e. The van der Waals surface area contributed by atoms with Gasteiger partial charge in [0, 0.05) is 16.8 Å². The molecule has 0 saturated carbocycles. The highest BCUT2D eigenvalue weighted by atomic mass is 32.2. The molecule has 0 amide bonds. The second kappa shape index (κ2) is 6.76. The normalized spacial score (nSPS) is 11.5. The predicted octanol–water partition coefficient (Wildman–Crippen LogP) is 3.70. The number of fused-ring (bicyclic) bond motifs is 1. The molecule has 0 bridgehead atoms. The maximum absolute atomic E-state index is 13.5. The maximum atomic E-state index is 13.5. The van der Waals surface area contributed by atoms with E-state index in [0.29, 0.717) is 34.4 Å². The van der Waals surface area contributed by atoms with Crippen molar-refractivity contribution in [3.8, 4) is 11.3 Å². The number of hydrogen-bond donors (Lipinski definition) is 1. The van der Waals surface area contributed by atoms with E-state index in [-0.39, 0.29) is 5.39 Å². The predicted molar refractivity (Wildman–Crippen MR) is 100 cm³/mol. The first-order chi connectivity index (χ1) is 12.3. The molecular formula is C19H16FNO4S. The molecule has 1 N–H and O–H groups in total. The summed E-state index contributed by atoms with van der Waals surface area (Å²) in [6, 6.07) is 10.5. The van der Waals surface area contributed by atoms with Gasteiger partial charge in [-0.05, 0) is 36.1 Å². The van der Waals surface area contributed by atoms with Gasteiger partial charge in [-0.1, -0.05) is 24.3 Å². The molecule has 0 radical (unpaired) electrons. The smallest absolute Gasteiger partial charge is 0.344 e. The standard InChI is InChI=1S/C19H16FNO4S/c1-3-5-16-15-9-8-13(20)11-17(15)19(22)25-18(16)12-6-4-7-14(10-12)21-26(2,23)24/h3-4,6-11,21H,1,5H2,2H3. The van der Waals surface area contributed by atoms with Crippen molar-refractivity contribution in [1.29, 1.82) is 0 Å². The van der Waals surface area contributed by atoms with E-state index in [4.69, 9.17) is 4.42 Å². The van der Waals surface area contributed by atoms with Crippen LogP contribution < -0.4 is 10.3 Å². The number of sulfonamides is 1. The first-order valence-corrected chi connectivity index (χ1v) is 9.62. The molecule has 1 aromatic heterocycles. The third-order valence-corrected chi connectivity index (χ3v) is 4.38. The van der Waals surface area contributed by atoms with Crippen LogP contribution in [0.25, 0.3) is 22.1 Å². The van der Waals surface area contributed by atoms with Crippen LogP contribution in [0, 0.1) is 5.82 Å². The zero-order valence-corrected chi connectivity index (χ0v) is 14.8. The van der Waals surface area contributed by atoms with E-state index in [0.717, 1.165) is 12.3 Å². The van der Waals surface area contributed by atoms with Crippen molar-refractivity contribution in [3.05, 3.63) is 76.9 Å². The van der Waals surface area contributed by atoms with Gasteiger partial charge in [0.15, 0.2) is 0 Å². The Morgan fingerprint density at radius 3 is 2.65 bits per heavy atom. The Labute approximate surface area is 149 Å². The largest absolute Gasteiger partial charge is 0.422 e. The molecule has 0 spiro atoms. The lowest BCUT2D eigenvalue weighted by atomic mass is 9.98. The summed E-state index contributed by atoms with van der Waals surface area (Å²) in [6.07, 6.45) is 3.10. The van der Waals surface area contributed by atoms with Gasteiger partial charge in [0.1, 0.15) is 11.6 Å². The number of anilines is 1. The Morgan fingerprint density at radius 2 is 1.96 bits per heavy atom. The van der Waals surface area contributed by atoms with Gasteiger partial charge in [-0.25, -0.2) is 17.6 Å². The van der Waals surface area contributed by atoms with Gasteiger partial charge in [-0.3, -0.25) is 4.72 Å². The van der Waals surface area contributed by atoms with Crippen molar-refractivity contribution in [2.75, 3.05) is 11.0 Å². The zero-order chi connectivity index (χ0) is 18.9. The van der Waals surface area contributed by atoms with Crippen LogP contribution in [0.5, 0.6) is 0 Å². The second-order valence-electron chi connectivity index (χ2n) is 5.83. The Hall–Kier alpha value is -2.93. The monoisotopic (exact) mass is 373 g/mol. The van der Waals surface area contributed by atoms with Gasteiger partial charge < -0.3 is 4.42 Å². The highest BCUT2D eigenvalue weighted by Gasteiger charge is 2.16. The van der Waals surface area contributed by atoms with Gasteiger partial charge in [0.05, 0.1) is 11.6 Å². The van der Waals surface area contributed by atoms with Crippen LogP contribution in [0.3, 0.4) is 0 Å². The van der Waals surface area contributed by atoms with Crippen molar-refractivity contribution >= 4 is 26.5 Å². The van der Waals surface area contributed by atoms with E-state index in [9.17, 15) is 17.6 Å². The lowest BCUT2D eigenvalue weighted by Crippen LogP contribution is -2.09. The minimum absolute atomic E-state index is 0.149. The fourth-order valence-electron chi connectivity index (χ4n) is 2.80. The summed E-state index contributed by atoms with van der Waals surface area (Å²) in [7, 11) is -3.44. The third kappa shape index (κ3) is 3.67. The topological polar surface area (TPSA) is 76.4 Å². The highest BCUT2D eigenvalue weighted by molar-refractivity contribution is 7.92. The summed E-state index contributed by atoms with van der Waals surface area (Å²) in [5.74, 6) is -0.229. The lowest BCUT2D eigenvalue weighted by molar-refractivity contribution is 0.529. The highest BCUT2D eigenvalue weighted by Crippen LogP contribution is 2.31. The number of rotatable bonds is 5. The molecule has 0 unspecified atom stereocenters. The second-order valence-corrected chi connectivity index (χ2v) is 7.58. The van der Waals surface area contributed by atoms with Crippen LogP contribution in [-0.4, -0.2) is 14.7 Å². The molecule has 3 rings (SSSR count). The van der Waals surface area contributed by atoms with Crippen molar-refractivity contribution in [1.82, 2.24) is 0 Å². The minimum Gasteiger partial charge on any atom is -0.422 e. The minimum atomic E-state index is -3.44. The SMILES string of the molecule is C=CCc1c(-c2cccc(NS(C)(=O)=O)c2)oc(=O)c2cc(F)ccc12. The first kappa shape index (κ1) is 17.9. The molecule has 0 aliphatic carbocycles. The molecule has 0 aliphatic heterocycles. The first-order valence-electron chi connectivity index (χ1n) is 7.73. The van der Waals surface area contributed by atoms with Gasteiger partial charge in [-0.2, -0.15) is 0 Å². The fourth-order valence-corrected chi connectivity index (χ4v) is 3.35. The number of benzene rings is 2. The zero-order valence-electron chi connectivity index (χ0n) is 14.0. The van der Waals surface area contributed by atoms with Crippen LogP contribution in [0.2, 0.25) is 0 Å². The molecule has 5 nitrogen and oxygen atoms in total. The van der Waals surface area contributed by atoms with Crippen LogP contribution >= 0.6 is 0 Å². The number of hydrogen-bond acceptors (Lipinski definition) is 4. The van der Waals surface area contributed by atoms with Gasteiger partial charge in [0.25, 0.3) is 0 Å². The summed E-state index contributed by atoms with van der Waals surface area (Å²) in [5, 5.41) is 0.718. The van der Waals surface area contributed by atoms with Crippen LogP contribution in [0.15, 0.2) is 64.3 Å². The lowest BCUT2D eigenvalue weighted by Gasteiger charge is -2.12. The molecule has 134 valence electrons. The van der Waals surface area contributed by atoms with Gasteiger partial charge >= 0.3 is 5.63 Å². The summed E-state index contributed by atoms with van der Waals surface area (Å²) < 4.78 is 44.2. The Balaban J connectivity index is 2.26. The molecule has 3 aromatic rings. The van der Waals surface area contributed by atoms with Crippen molar-refractivity contribution in [3.63, 3.8) is 0 Å². The summed E-state index contributed by atoms with van der Waals surface area (Å²) in [4.78, 5) is 12.3. The number of nitrogens with one attached hydrogen (secondary N) is 1. The van der Waals surface area contributed by atoms with E-state index < -0.39 is 21.5 Å². The molecule has 7 heteroatoms. The summed E-state index contributed by atoms with van der Waals surface area (Å²) in [6.45, 7) is 3.72. The van der Waals surface area contributed by atoms with E-state index in [1.807, 2.05) is 0 Å². The number of allylic oxidation sites excluding steroid dienone is 1. The fraction of sp³-hybridized carbons (Fsp3) is 0.105. The average molecular weight is 373 g/mol. The van der Waals surface area contributed by atoms with E-state index >= 15 is 0 Å². The average Bonchev–Trinajstić information content (AvgIpc) is 2.56. The quantitative estimate of drug-likeness (QED) is 0.692. The molecule has 0 fully saturated rings. The molecule has 0 saturated heterocycles. The Morgan fingerprint density at radius 1 is 1.19 bits per heavy atom. The van der Waals surface area contributed by atoms with Gasteiger partial charge in [0.2, 0.25) is 10.0 Å². The molecule has 1 heterocycles.